The minimum absolute atomic E-state index is 0.101. The second-order valence-corrected chi connectivity index (χ2v) is 6.34. The van der Waals surface area contributed by atoms with Gasteiger partial charge in [-0.25, -0.2) is 9.97 Å². The number of anilines is 2. The number of hydrogen-bond acceptors (Lipinski definition) is 6. The molecule has 0 aliphatic carbocycles. The van der Waals surface area contributed by atoms with E-state index in [0.717, 1.165) is 35.5 Å². The summed E-state index contributed by atoms with van der Waals surface area (Å²) in [5.41, 5.74) is 2.42. The normalized spacial score (nSPS) is 12.1. The number of nitrogens with zero attached hydrogens (tertiary/aromatic N) is 4. The van der Waals surface area contributed by atoms with Gasteiger partial charge >= 0.3 is 6.18 Å². The van der Waals surface area contributed by atoms with E-state index in [1.54, 1.807) is 10.9 Å². The van der Waals surface area contributed by atoms with E-state index < -0.39 is 23.1 Å². The first kappa shape index (κ1) is 22.5. The summed E-state index contributed by atoms with van der Waals surface area (Å²) in [5, 5.41) is 11.1. The van der Waals surface area contributed by atoms with Crippen molar-refractivity contribution in [2.45, 2.75) is 26.6 Å². The molecule has 0 spiro atoms. The Kier molecular flexibility index (Phi) is 7.42. The van der Waals surface area contributed by atoms with Gasteiger partial charge in [0.1, 0.15) is 5.69 Å². The highest BCUT2D eigenvalue weighted by Crippen LogP contribution is 2.29. The lowest BCUT2D eigenvalue weighted by Crippen LogP contribution is -2.10. The van der Waals surface area contributed by atoms with Crippen LogP contribution in [0.2, 0.25) is 0 Å². The monoisotopic (exact) mass is 427 g/mol. The second-order valence-electron chi connectivity index (χ2n) is 5.82. The van der Waals surface area contributed by atoms with Gasteiger partial charge in [0.05, 0.1) is 6.20 Å². The highest BCUT2D eigenvalue weighted by molar-refractivity contribution is 7.76. The minimum Gasteiger partial charge on any atom is -0.760 e. The van der Waals surface area contributed by atoms with Crippen LogP contribution in [0.5, 0.6) is 0 Å². The van der Waals surface area contributed by atoms with E-state index in [0.29, 0.717) is 5.69 Å². The van der Waals surface area contributed by atoms with E-state index in [9.17, 15) is 13.2 Å². The van der Waals surface area contributed by atoms with E-state index in [2.05, 4.69) is 25.5 Å². The fraction of sp³-hybridized carbons (Fsp3) is 0.235. The van der Waals surface area contributed by atoms with E-state index in [-0.39, 0.29) is 5.95 Å². The molecular weight excluding hydrogens is 409 g/mol. The molecule has 12 heteroatoms. The smallest absolute Gasteiger partial charge is 0.433 e. The number of rotatable bonds is 4. The molecule has 156 valence electrons. The van der Waals surface area contributed by atoms with Crippen molar-refractivity contribution >= 4 is 22.9 Å². The Hall–Kier alpha value is -2.83. The van der Waals surface area contributed by atoms with E-state index in [4.69, 9.17) is 8.76 Å². The number of nitrogens with two attached hydrogens (primary N) is 1. The molecule has 0 aliphatic rings. The average molecular weight is 427 g/mol. The van der Waals surface area contributed by atoms with Crippen molar-refractivity contribution in [2.75, 3.05) is 5.32 Å². The van der Waals surface area contributed by atoms with Gasteiger partial charge in [-0.05, 0) is 43.2 Å². The van der Waals surface area contributed by atoms with Crippen molar-refractivity contribution < 1.29 is 21.9 Å². The summed E-state index contributed by atoms with van der Waals surface area (Å²) in [5.74, 6) is -0.101. The van der Waals surface area contributed by atoms with Gasteiger partial charge in [-0.15, -0.1) is 0 Å². The highest BCUT2D eigenvalue weighted by Gasteiger charge is 2.32. The summed E-state index contributed by atoms with van der Waals surface area (Å²) in [6, 6.07) is 6.46. The van der Waals surface area contributed by atoms with Crippen molar-refractivity contribution in [3.8, 4) is 11.1 Å². The molecule has 0 amide bonds. The Labute approximate surface area is 167 Å². The van der Waals surface area contributed by atoms with Crippen molar-refractivity contribution in [3.05, 3.63) is 54.1 Å². The molecule has 1 atom stereocenters. The molecular formula is C17H18F3N6O2S-. The maximum Gasteiger partial charge on any atom is 0.433 e. The molecule has 0 saturated heterocycles. The fourth-order valence-electron chi connectivity index (χ4n) is 2.41. The Morgan fingerprint density at radius 1 is 1.28 bits per heavy atom. The van der Waals surface area contributed by atoms with Crippen LogP contribution in [0.1, 0.15) is 18.2 Å². The largest absolute Gasteiger partial charge is 0.760 e. The summed E-state index contributed by atoms with van der Waals surface area (Å²) in [6.45, 7) is 4.66. The number of halogens is 3. The van der Waals surface area contributed by atoms with Crippen LogP contribution in [0.4, 0.5) is 24.8 Å². The summed E-state index contributed by atoms with van der Waals surface area (Å²) < 4.78 is 57.7. The molecule has 2 heterocycles. The predicted octanol–water partition coefficient (Wildman–Crippen LogP) is 3.17. The molecule has 1 aromatic carbocycles. The number of aryl methyl sites for hydroxylation is 2. The molecule has 29 heavy (non-hydrogen) atoms. The number of aromatic nitrogens is 4. The van der Waals surface area contributed by atoms with Crippen LogP contribution in [-0.2, 0) is 24.0 Å². The zero-order valence-corrected chi connectivity index (χ0v) is 16.3. The van der Waals surface area contributed by atoms with Crippen molar-refractivity contribution in [1.82, 2.24) is 19.7 Å². The van der Waals surface area contributed by atoms with E-state index in [1.165, 1.54) is 0 Å². The third-order valence-electron chi connectivity index (χ3n) is 3.57. The predicted molar refractivity (Wildman–Crippen MR) is 101 cm³/mol. The first-order valence-electron chi connectivity index (χ1n) is 8.24. The van der Waals surface area contributed by atoms with Gasteiger partial charge in [0, 0.05) is 41.5 Å². The molecule has 0 radical (unpaired) electrons. The number of alkyl halides is 3. The van der Waals surface area contributed by atoms with Crippen LogP contribution in [0.3, 0.4) is 0 Å². The van der Waals surface area contributed by atoms with Crippen molar-refractivity contribution in [2.24, 2.45) is 5.14 Å². The lowest BCUT2D eigenvalue weighted by atomic mass is 10.1. The molecule has 2 aromatic heterocycles. The average Bonchev–Trinajstić information content (AvgIpc) is 3.09. The molecule has 3 aromatic rings. The topological polar surface area (TPSA) is 122 Å². The molecule has 0 saturated carbocycles. The second kappa shape index (κ2) is 9.58. The summed E-state index contributed by atoms with van der Waals surface area (Å²) in [6.07, 6.45) is 0.244. The van der Waals surface area contributed by atoms with Gasteiger partial charge in [0.15, 0.2) is 0 Å². The van der Waals surface area contributed by atoms with Gasteiger partial charge in [-0.1, -0.05) is 6.07 Å². The number of hydrogen-bond donors (Lipinski definition) is 2. The molecule has 0 fully saturated rings. The molecule has 0 aliphatic heterocycles. The highest BCUT2D eigenvalue weighted by atomic mass is 32.2. The molecule has 3 rings (SSSR count). The van der Waals surface area contributed by atoms with Crippen LogP contribution in [0.25, 0.3) is 11.1 Å². The van der Waals surface area contributed by atoms with Crippen LogP contribution in [-0.4, -0.2) is 28.5 Å². The Balaban J connectivity index is 0.000000687. The first-order valence-corrected chi connectivity index (χ1v) is 9.37. The quantitative estimate of drug-likeness (QED) is 0.617. The van der Waals surface area contributed by atoms with Gasteiger partial charge < -0.3 is 9.87 Å². The summed E-state index contributed by atoms with van der Waals surface area (Å²) in [7, 11) is 0. The van der Waals surface area contributed by atoms with E-state index >= 15 is 0 Å². The maximum absolute atomic E-state index is 12.8. The third-order valence-corrected chi connectivity index (χ3v) is 3.57. The standard InChI is InChI=1S/C17H16F3N5.H3NO2S/c1-3-25-10-13(9-22-25)12-6-11(2)7-14(8-12)23-16-21-5-4-15(24-16)17(18,19)20;1-4(2)3/h4-10H,3H2,1-2H3,(H,21,23,24);1H2,(H,2,3)/p-1. The fourth-order valence-corrected chi connectivity index (χ4v) is 2.41. The SMILES string of the molecule is CCn1cc(-c2cc(C)cc(Nc3nccc(C(F)(F)F)n3)c2)cn1.NS(=O)[O-]. The van der Waals surface area contributed by atoms with Crippen molar-refractivity contribution in [1.29, 1.82) is 0 Å². The van der Waals surface area contributed by atoms with Crippen LogP contribution >= 0.6 is 0 Å². The molecule has 3 N–H and O–H groups in total. The number of benzene rings is 1. The van der Waals surface area contributed by atoms with Crippen molar-refractivity contribution in [3.63, 3.8) is 0 Å². The third kappa shape index (κ3) is 6.93. The lowest BCUT2D eigenvalue weighted by molar-refractivity contribution is -0.141. The Morgan fingerprint density at radius 3 is 2.55 bits per heavy atom. The first-order chi connectivity index (χ1) is 13.6. The van der Waals surface area contributed by atoms with Crippen LogP contribution in [0.15, 0.2) is 42.9 Å². The minimum atomic E-state index is -4.51. The molecule has 1 unspecified atom stereocenters. The van der Waals surface area contributed by atoms with Gasteiger partial charge in [-0.2, -0.15) is 18.3 Å². The van der Waals surface area contributed by atoms with Gasteiger partial charge in [-0.3, -0.25) is 14.0 Å². The Bertz CT molecular complexity index is 989. The van der Waals surface area contributed by atoms with Gasteiger partial charge in [0.2, 0.25) is 5.95 Å². The summed E-state index contributed by atoms with van der Waals surface area (Å²) >= 11 is -2.36. The lowest BCUT2D eigenvalue weighted by Gasteiger charge is -2.10. The van der Waals surface area contributed by atoms with Gasteiger partial charge in [0.25, 0.3) is 0 Å². The molecule has 8 nitrogen and oxygen atoms in total. The molecule has 0 bridgehead atoms. The van der Waals surface area contributed by atoms with E-state index in [1.807, 2.05) is 38.2 Å². The van der Waals surface area contributed by atoms with Crippen LogP contribution in [0, 0.1) is 6.92 Å². The summed E-state index contributed by atoms with van der Waals surface area (Å²) in [4.78, 5) is 7.38. The number of nitrogens with one attached hydrogen (secondary N) is 1. The Morgan fingerprint density at radius 2 is 1.97 bits per heavy atom. The zero-order valence-electron chi connectivity index (χ0n) is 15.5. The maximum atomic E-state index is 12.8. The zero-order chi connectivity index (χ0) is 21.6. The van der Waals surface area contributed by atoms with Crippen LogP contribution < -0.4 is 10.5 Å².